The highest BCUT2D eigenvalue weighted by molar-refractivity contribution is 5.88. The molecule has 1 atom stereocenters. The number of carboxylic acids is 1. The molecule has 0 bridgehead atoms. The molecule has 0 amide bonds. The predicted octanol–water partition coefficient (Wildman–Crippen LogP) is 1.48. The van der Waals surface area contributed by atoms with Crippen LogP contribution >= 0.6 is 0 Å². The van der Waals surface area contributed by atoms with E-state index in [2.05, 4.69) is 13.2 Å². The Bertz CT molecular complexity index is 421. The maximum Gasteiger partial charge on any atom is 0.330 e. The fourth-order valence-corrected chi connectivity index (χ4v) is 1.22. The van der Waals surface area contributed by atoms with Crippen molar-refractivity contribution >= 4 is 17.9 Å². The third-order valence-electron chi connectivity index (χ3n) is 2.18. The van der Waals surface area contributed by atoms with Gasteiger partial charge in [-0.2, -0.15) is 0 Å². The van der Waals surface area contributed by atoms with Gasteiger partial charge in [0.1, 0.15) is 13.2 Å². The molecule has 0 aromatic heterocycles. The van der Waals surface area contributed by atoms with Gasteiger partial charge in [-0.1, -0.05) is 31.4 Å². The molecule has 0 radical (unpaired) electrons. The Kier molecular flexibility index (Phi) is 8.41. The zero-order valence-corrected chi connectivity index (χ0v) is 11.3. The fraction of sp³-hybridized carbons (Fsp3) is 0.357. The second kappa shape index (κ2) is 9.55. The van der Waals surface area contributed by atoms with Gasteiger partial charge in [0.25, 0.3) is 0 Å². The van der Waals surface area contributed by atoms with Gasteiger partial charge in [0.2, 0.25) is 0 Å². The number of aliphatic carboxylic acids is 1. The minimum Gasteiger partial charge on any atom is -0.478 e. The minimum absolute atomic E-state index is 0.0169. The first-order chi connectivity index (χ1) is 9.42. The lowest BCUT2D eigenvalue weighted by Crippen LogP contribution is -2.21. The van der Waals surface area contributed by atoms with Gasteiger partial charge < -0.3 is 14.6 Å². The quantitative estimate of drug-likeness (QED) is 0.391. The summed E-state index contributed by atoms with van der Waals surface area (Å²) in [6, 6.07) is 0. The number of hydrogen-bond acceptors (Lipinski definition) is 5. The number of hydrogen-bond donors (Lipinski definition) is 1. The van der Waals surface area contributed by atoms with E-state index in [1.165, 1.54) is 25.2 Å². The van der Waals surface area contributed by atoms with Crippen molar-refractivity contribution in [2.45, 2.75) is 13.3 Å². The van der Waals surface area contributed by atoms with Crippen LogP contribution in [0.2, 0.25) is 0 Å². The molecular weight excluding hydrogens is 264 g/mol. The molecule has 0 saturated carbocycles. The zero-order valence-electron chi connectivity index (χ0n) is 11.3. The molecule has 6 nitrogen and oxygen atoms in total. The summed E-state index contributed by atoms with van der Waals surface area (Å²) < 4.78 is 9.57. The Morgan fingerprint density at radius 3 is 2.20 bits per heavy atom. The van der Waals surface area contributed by atoms with Crippen LogP contribution in [-0.4, -0.2) is 36.2 Å². The van der Waals surface area contributed by atoms with Gasteiger partial charge in [0.15, 0.2) is 0 Å². The van der Waals surface area contributed by atoms with Gasteiger partial charge in [-0.3, -0.25) is 9.59 Å². The number of esters is 2. The topological polar surface area (TPSA) is 89.9 Å². The monoisotopic (exact) mass is 282 g/mol. The zero-order chi connectivity index (χ0) is 15.5. The van der Waals surface area contributed by atoms with E-state index in [4.69, 9.17) is 14.6 Å². The Morgan fingerprint density at radius 2 is 1.70 bits per heavy atom. The van der Waals surface area contributed by atoms with Crippen molar-refractivity contribution in [1.82, 2.24) is 0 Å². The lowest BCUT2D eigenvalue weighted by atomic mass is 10.0. The maximum absolute atomic E-state index is 11.7. The molecule has 1 unspecified atom stereocenters. The van der Waals surface area contributed by atoms with Gasteiger partial charge >= 0.3 is 17.9 Å². The van der Waals surface area contributed by atoms with E-state index in [-0.39, 0.29) is 25.2 Å². The Labute approximate surface area is 117 Å². The molecule has 0 heterocycles. The van der Waals surface area contributed by atoms with E-state index in [0.29, 0.717) is 0 Å². The molecule has 0 aromatic carbocycles. The van der Waals surface area contributed by atoms with E-state index in [0.717, 1.165) is 0 Å². The van der Waals surface area contributed by atoms with E-state index in [1.807, 2.05) is 0 Å². The molecule has 0 aliphatic carbocycles. The minimum atomic E-state index is -1.18. The first-order valence-corrected chi connectivity index (χ1v) is 5.88. The molecule has 0 aromatic rings. The molecule has 0 rings (SSSR count). The highest BCUT2D eigenvalue weighted by Gasteiger charge is 2.23. The van der Waals surface area contributed by atoms with Crippen LogP contribution in [0.25, 0.3) is 0 Å². The summed E-state index contributed by atoms with van der Waals surface area (Å²) in [5.41, 5.74) is -0.0536. The van der Waals surface area contributed by atoms with Gasteiger partial charge in [0.05, 0.1) is 12.3 Å². The third-order valence-corrected chi connectivity index (χ3v) is 2.18. The molecule has 0 spiro atoms. The van der Waals surface area contributed by atoms with E-state index >= 15 is 0 Å². The average molecular weight is 282 g/mol. The van der Waals surface area contributed by atoms with Crippen molar-refractivity contribution in [2.75, 3.05) is 13.2 Å². The molecule has 1 N–H and O–H groups in total. The van der Waals surface area contributed by atoms with Crippen molar-refractivity contribution in [3.8, 4) is 0 Å². The Hall–Kier alpha value is -2.37. The number of carboxylic acid groups (broad SMARTS) is 1. The molecule has 0 aliphatic heterocycles. The van der Waals surface area contributed by atoms with Gasteiger partial charge in [-0.05, 0) is 6.92 Å². The average Bonchev–Trinajstić information content (AvgIpc) is 2.41. The van der Waals surface area contributed by atoms with Crippen molar-refractivity contribution in [3.63, 3.8) is 0 Å². The SMILES string of the molecule is C=CCOC(=O)CC(C=C(C)C(=O)O)C(=O)OCC=C. The van der Waals surface area contributed by atoms with Crippen LogP contribution in [0.5, 0.6) is 0 Å². The molecule has 0 aliphatic rings. The Balaban J connectivity index is 4.86. The summed E-state index contributed by atoms with van der Waals surface area (Å²) in [5, 5.41) is 8.80. The van der Waals surface area contributed by atoms with E-state index < -0.39 is 23.8 Å². The van der Waals surface area contributed by atoms with Gasteiger partial charge in [-0.25, -0.2) is 4.79 Å². The van der Waals surface area contributed by atoms with Gasteiger partial charge in [0, 0.05) is 5.57 Å². The number of ether oxygens (including phenoxy) is 2. The molecule has 6 heteroatoms. The Morgan fingerprint density at radius 1 is 1.15 bits per heavy atom. The van der Waals surface area contributed by atoms with Crippen LogP contribution in [0.15, 0.2) is 37.0 Å². The van der Waals surface area contributed by atoms with Crippen molar-refractivity contribution in [1.29, 1.82) is 0 Å². The van der Waals surface area contributed by atoms with Gasteiger partial charge in [-0.15, -0.1) is 0 Å². The smallest absolute Gasteiger partial charge is 0.330 e. The summed E-state index contributed by atoms with van der Waals surface area (Å²) >= 11 is 0. The molecule has 0 saturated heterocycles. The van der Waals surface area contributed by atoms with Crippen molar-refractivity contribution in [2.24, 2.45) is 5.92 Å². The second-order valence-electron chi connectivity index (χ2n) is 3.86. The molecule has 110 valence electrons. The highest BCUT2D eigenvalue weighted by atomic mass is 16.5. The summed E-state index contributed by atoms with van der Waals surface area (Å²) in [4.78, 5) is 34.0. The highest BCUT2D eigenvalue weighted by Crippen LogP contribution is 2.12. The number of carbonyl (C=O) groups is 3. The fourth-order valence-electron chi connectivity index (χ4n) is 1.22. The molecule has 0 fully saturated rings. The van der Waals surface area contributed by atoms with Crippen molar-refractivity contribution < 1.29 is 29.0 Å². The van der Waals surface area contributed by atoms with Crippen LogP contribution in [0, 0.1) is 5.92 Å². The summed E-state index contributed by atoms with van der Waals surface area (Å²) in [5.74, 6) is -3.53. The van der Waals surface area contributed by atoms with Crippen LogP contribution in [0.1, 0.15) is 13.3 Å². The van der Waals surface area contributed by atoms with Crippen molar-refractivity contribution in [3.05, 3.63) is 37.0 Å². The van der Waals surface area contributed by atoms with Crippen LogP contribution < -0.4 is 0 Å². The standard InChI is InChI=1S/C14H18O6/c1-4-6-19-12(15)9-11(8-10(3)13(16)17)14(18)20-7-5-2/h4-5,8,11H,1-2,6-7,9H2,3H3,(H,16,17). The molecular formula is C14H18O6. The molecule has 20 heavy (non-hydrogen) atoms. The van der Waals surface area contributed by atoms with E-state index in [9.17, 15) is 14.4 Å². The maximum atomic E-state index is 11.7. The normalized spacial score (nSPS) is 12.2. The second-order valence-corrected chi connectivity index (χ2v) is 3.86. The first-order valence-electron chi connectivity index (χ1n) is 5.88. The summed E-state index contributed by atoms with van der Waals surface area (Å²) in [6.45, 7) is 8.11. The largest absolute Gasteiger partial charge is 0.478 e. The van der Waals surface area contributed by atoms with E-state index in [1.54, 1.807) is 0 Å². The van der Waals surface area contributed by atoms with Crippen LogP contribution in [0.4, 0.5) is 0 Å². The predicted molar refractivity (Wildman–Crippen MR) is 71.8 cm³/mol. The summed E-state index contributed by atoms with van der Waals surface area (Å²) in [7, 11) is 0. The lowest BCUT2D eigenvalue weighted by Gasteiger charge is -2.11. The third kappa shape index (κ3) is 7.15. The van der Waals surface area contributed by atoms with Crippen LogP contribution in [-0.2, 0) is 23.9 Å². The first kappa shape index (κ1) is 17.6. The van der Waals surface area contributed by atoms with Crippen LogP contribution in [0.3, 0.4) is 0 Å². The lowest BCUT2D eigenvalue weighted by molar-refractivity contribution is -0.152. The summed E-state index contributed by atoms with van der Waals surface area (Å²) in [6.07, 6.45) is 3.64. The number of carbonyl (C=O) groups excluding carboxylic acids is 2. The number of rotatable bonds is 9.